The van der Waals surface area contributed by atoms with Crippen LogP contribution in [0.25, 0.3) is 0 Å². The first-order valence-electron chi connectivity index (χ1n) is 8.83. The third-order valence-corrected chi connectivity index (χ3v) is 4.39. The van der Waals surface area contributed by atoms with Crippen molar-refractivity contribution in [1.29, 1.82) is 0 Å². The maximum Gasteiger partial charge on any atom is 0.242 e. The lowest BCUT2D eigenvalue weighted by Crippen LogP contribution is -2.49. The fraction of sp³-hybridized carbons (Fsp3) is 0.579. The van der Waals surface area contributed by atoms with Gasteiger partial charge < -0.3 is 16.0 Å². The molecule has 25 heavy (non-hydrogen) atoms. The number of amides is 2. The molecule has 0 spiro atoms. The predicted molar refractivity (Wildman–Crippen MR) is 95.4 cm³/mol. The van der Waals surface area contributed by atoms with Crippen molar-refractivity contribution in [2.45, 2.75) is 52.1 Å². The number of halogens is 1. The van der Waals surface area contributed by atoms with Crippen LogP contribution in [0.2, 0.25) is 0 Å². The van der Waals surface area contributed by atoms with Crippen LogP contribution in [0.5, 0.6) is 0 Å². The fourth-order valence-corrected chi connectivity index (χ4v) is 3.13. The van der Waals surface area contributed by atoms with E-state index in [1.54, 1.807) is 6.07 Å². The summed E-state index contributed by atoms with van der Waals surface area (Å²) in [6.07, 6.45) is 2.50. The summed E-state index contributed by atoms with van der Waals surface area (Å²) in [5, 5.41) is 8.81. The van der Waals surface area contributed by atoms with Crippen LogP contribution in [0.3, 0.4) is 0 Å². The molecule has 0 bridgehead atoms. The Hall–Kier alpha value is -1.95. The average molecular weight is 349 g/mol. The topological polar surface area (TPSA) is 70.2 Å². The summed E-state index contributed by atoms with van der Waals surface area (Å²) >= 11 is 0. The van der Waals surface area contributed by atoms with Gasteiger partial charge in [-0.15, -0.1) is 0 Å². The molecule has 138 valence electrons. The van der Waals surface area contributed by atoms with Crippen molar-refractivity contribution in [1.82, 2.24) is 16.0 Å². The number of benzene rings is 1. The number of hydrogen-bond acceptors (Lipinski definition) is 3. The van der Waals surface area contributed by atoms with Gasteiger partial charge in [-0.1, -0.05) is 32.9 Å². The van der Waals surface area contributed by atoms with Crippen molar-refractivity contribution in [3.05, 3.63) is 35.6 Å². The Labute approximate surface area is 148 Å². The number of carbonyl (C=O) groups is 2. The SMILES string of the molecule is CC(C)(C)C(NCC(=O)NC1CCCCNC1=O)c1cccc(F)c1. The van der Waals surface area contributed by atoms with Crippen molar-refractivity contribution in [3.63, 3.8) is 0 Å². The van der Waals surface area contributed by atoms with Gasteiger partial charge >= 0.3 is 0 Å². The zero-order valence-corrected chi connectivity index (χ0v) is 15.2. The Bertz CT molecular complexity index is 613. The van der Waals surface area contributed by atoms with Crippen LogP contribution < -0.4 is 16.0 Å². The van der Waals surface area contributed by atoms with Gasteiger partial charge in [0.15, 0.2) is 0 Å². The van der Waals surface area contributed by atoms with E-state index in [4.69, 9.17) is 0 Å². The normalized spacial score (nSPS) is 19.7. The highest BCUT2D eigenvalue weighted by Gasteiger charge is 2.28. The van der Waals surface area contributed by atoms with E-state index < -0.39 is 6.04 Å². The van der Waals surface area contributed by atoms with Crippen molar-refractivity contribution in [2.75, 3.05) is 13.1 Å². The Kier molecular flexibility index (Phi) is 6.53. The third kappa shape index (κ3) is 5.81. The Morgan fingerprint density at radius 3 is 2.80 bits per heavy atom. The van der Waals surface area contributed by atoms with Crippen LogP contribution in [0, 0.1) is 11.2 Å². The lowest BCUT2D eigenvalue weighted by molar-refractivity contribution is -0.128. The zero-order valence-electron chi connectivity index (χ0n) is 15.2. The molecule has 2 atom stereocenters. The van der Waals surface area contributed by atoms with E-state index >= 15 is 0 Å². The minimum atomic E-state index is -0.473. The summed E-state index contributed by atoms with van der Waals surface area (Å²) in [5.74, 6) is -0.649. The van der Waals surface area contributed by atoms with Crippen LogP contribution in [0.1, 0.15) is 51.6 Å². The summed E-state index contributed by atoms with van der Waals surface area (Å²) in [7, 11) is 0. The minimum absolute atomic E-state index is 0.0717. The van der Waals surface area contributed by atoms with Crippen molar-refractivity contribution in [3.8, 4) is 0 Å². The van der Waals surface area contributed by atoms with Gasteiger partial charge in [-0.3, -0.25) is 9.59 Å². The molecule has 1 saturated heterocycles. The Morgan fingerprint density at radius 1 is 1.36 bits per heavy atom. The first-order valence-corrected chi connectivity index (χ1v) is 8.83. The standard InChI is InChI=1S/C19H28FN3O2/c1-19(2,3)17(13-7-6-8-14(20)11-13)22-12-16(24)23-15-9-4-5-10-21-18(15)25/h6-8,11,15,17,22H,4-5,9-10,12H2,1-3H3,(H,21,25)(H,23,24). The molecule has 0 aliphatic carbocycles. The zero-order chi connectivity index (χ0) is 18.4. The molecule has 6 heteroatoms. The molecule has 5 nitrogen and oxygen atoms in total. The molecule has 3 N–H and O–H groups in total. The molecular weight excluding hydrogens is 321 g/mol. The lowest BCUT2D eigenvalue weighted by Gasteiger charge is -2.32. The largest absolute Gasteiger partial charge is 0.354 e. The summed E-state index contributed by atoms with van der Waals surface area (Å²) in [6.45, 7) is 6.84. The molecular formula is C19H28FN3O2. The highest BCUT2D eigenvalue weighted by Crippen LogP contribution is 2.32. The predicted octanol–water partition coefficient (Wildman–Crippen LogP) is 2.29. The van der Waals surface area contributed by atoms with E-state index in [1.807, 2.05) is 26.8 Å². The minimum Gasteiger partial charge on any atom is -0.354 e. The summed E-state index contributed by atoms with van der Waals surface area (Å²) < 4.78 is 13.6. The van der Waals surface area contributed by atoms with Gasteiger partial charge in [-0.2, -0.15) is 0 Å². The van der Waals surface area contributed by atoms with Crippen molar-refractivity contribution < 1.29 is 14.0 Å². The number of nitrogens with one attached hydrogen (secondary N) is 3. The number of carbonyl (C=O) groups excluding carboxylic acids is 2. The van der Waals surface area contributed by atoms with Crippen LogP contribution in [0.15, 0.2) is 24.3 Å². The summed E-state index contributed by atoms with van der Waals surface area (Å²) in [5.41, 5.74) is 0.598. The van der Waals surface area contributed by atoms with E-state index in [9.17, 15) is 14.0 Å². The fourth-order valence-electron chi connectivity index (χ4n) is 3.13. The molecule has 2 unspecified atom stereocenters. The van der Waals surface area contributed by atoms with Crippen LogP contribution in [-0.2, 0) is 9.59 Å². The monoisotopic (exact) mass is 349 g/mol. The number of hydrogen-bond donors (Lipinski definition) is 3. The summed E-state index contributed by atoms with van der Waals surface area (Å²) in [4.78, 5) is 24.2. The van der Waals surface area contributed by atoms with E-state index in [-0.39, 0.29) is 35.6 Å². The Morgan fingerprint density at radius 2 is 2.12 bits per heavy atom. The van der Waals surface area contributed by atoms with Crippen LogP contribution >= 0.6 is 0 Å². The first-order chi connectivity index (χ1) is 11.8. The second-order valence-corrected chi connectivity index (χ2v) is 7.64. The molecule has 1 aliphatic rings. The van der Waals surface area contributed by atoms with Gasteiger partial charge in [-0.25, -0.2) is 4.39 Å². The van der Waals surface area contributed by atoms with Crippen molar-refractivity contribution >= 4 is 11.8 Å². The molecule has 2 amide bonds. The third-order valence-electron chi connectivity index (χ3n) is 4.39. The second-order valence-electron chi connectivity index (χ2n) is 7.64. The molecule has 0 radical (unpaired) electrons. The van der Waals surface area contributed by atoms with Gasteiger partial charge in [0.05, 0.1) is 6.54 Å². The molecule has 1 aliphatic heterocycles. The van der Waals surface area contributed by atoms with Gasteiger partial charge in [0.1, 0.15) is 11.9 Å². The highest BCUT2D eigenvalue weighted by molar-refractivity contribution is 5.88. The van der Waals surface area contributed by atoms with Gasteiger partial charge in [0, 0.05) is 12.6 Å². The molecule has 1 heterocycles. The quantitative estimate of drug-likeness (QED) is 0.764. The molecule has 1 aromatic rings. The smallest absolute Gasteiger partial charge is 0.242 e. The van der Waals surface area contributed by atoms with E-state index in [0.29, 0.717) is 13.0 Å². The highest BCUT2D eigenvalue weighted by atomic mass is 19.1. The lowest BCUT2D eigenvalue weighted by atomic mass is 9.82. The van der Waals surface area contributed by atoms with E-state index in [0.717, 1.165) is 18.4 Å². The van der Waals surface area contributed by atoms with E-state index in [2.05, 4.69) is 16.0 Å². The maximum absolute atomic E-state index is 13.6. The molecule has 0 saturated carbocycles. The molecule has 2 rings (SSSR count). The maximum atomic E-state index is 13.6. The molecule has 1 aromatic carbocycles. The average Bonchev–Trinajstić information content (AvgIpc) is 2.71. The summed E-state index contributed by atoms with van der Waals surface area (Å²) in [6, 6.07) is 5.75. The first kappa shape index (κ1) is 19.4. The van der Waals surface area contributed by atoms with Gasteiger partial charge in [0.2, 0.25) is 11.8 Å². The van der Waals surface area contributed by atoms with Crippen LogP contribution in [0.4, 0.5) is 4.39 Å². The molecule has 1 fully saturated rings. The van der Waals surface area contributed by atoms with Crippen molar-refractivity contribution in [2.24, 2.45) is 5.41 Å². The van der Waals surface area contributed by atoms with Crippen LogP contribution in [-0.4, -0.2) is 30.9 Å². The second kappa shape index (κ2) is 8.43. The Balaban J connectivity index is 1.98. The van der Waals surface area contributed by atoms with Gasteiger partial charge in [-0.05, 0) is 42.4 Å². The van der Waals surface area contributed by atoms with E-state index in [1.165, 1.54) is 12.1 Å². The number of rotatable bonds is 5. The molecule has 0 aromatic heterocycles. The van der Waals surface area contributed by atoms with Gasteiger partial charge in [0.25, 0.3) is 0 Å².